The normalized spacial score (nSPS) is 10.6. The number of non-ortho nitro benzene ring substituents is 1. The summed E-state index contributed by atoms with van der Waals surface area (Å²) in [5.74, 6) is -0.790. The summed E-state index contributed by atoms with van der Waals surface area (Å²) in [5, 5.41) is 17.9. The van der Waals surface area contributed by atoms with Gasteiger partial charge in [0, 0.05) is 0 Å². The van der Waals surface area contributed by atoms with Crippen LogP contribution in [0.15, 0.2) is 12.1 Å². The molecule has 2 aromatic rings. The summed E-state index contributed by atoms with van der Waals surface area (Å²) in [6, 6.07) is 2.32. The first-order valence-electron chi connectivity index (χ1n) is 3.97. The number of benzene rings is 1. The molecule has 1 heterocycles. The van der Waals surface area contributed by atoms with Gasteiger partial charge in [0.2, 0.25) is 0 Å². The molecule has 0 aliphatic rings. The van der Waals surface area contributed by atoms with Crippen molar-refractivity contribution in [1.29, 1.82) is 0 Å². The van der Waals surface area contributed by atoms with Crippen molar-refractivity contribution in [2.24, 2.45) is 5.73 Å². The Kier molecular flexibility index (Phi) is 2.46. The quantitative estimate of drug-likeness (QED) is 0.466. The van der Waals surface area contributed by atoms with Crippen molar-refractivity contribution in [2.45, 2.75) is 0 Å². The van der Waals surface area contributed by atoms with Crippen LogP contribution >= 0.6 is 0 Å². The number of carbonyl (C=O) groups excluding carboxylic acids is 1. The first-order chi connectivity index (χ1) is 7.50. The van der Waals surface area contributed by atoms with Crippen molar-refractivity contribution in [3.63, 3.8) is 0 Å². The Labute approximate surface area is 101 Å². The topological polar surface area (TPSA) is 117 Å². The molecule has 2 rings (SSSR count). The molecule has 0 bridgehead atoms. The van der Waals surface area contributed by atoms with E-state index in [1.54, 1.807) is 0 Å². The average molecular weight is 314 g/mol. The summed E-state index contributed by atoms with van der Waals surface area (Å²) in [6.45, 7) is 0. The number of primary amides is 1. The summed E-state index contributed by atoms with van der Waals surface area (Å²) in [7, 11) is 0. The molecule has 1 aromatic heterocycles. The minimum absolute atomic E-state index is 0.0329. The first kappa shape index (κ1) is 10.7. The van der Waals surface area contributed by atoms with Gasteiger partial charge in [-0.2, -0.15) is 0 Å². The first-order valence-corrected chi connectivity index (χ1v) is 4.63. The van der Waals surface area contributed by atoms with E-state index in [1.165, 1.54) is 6.07 Å². The van der Waals surface area contributed by atoms with E-state index in [9.17, 15) is 14.9 Å². The van der Waals surface area contributed by atoms with Crippen molar-refractivity contribution in [2.75, 3.05) is 0 Å². The number of hydrogen-bond donors (Lipinski definition) is 1. The standard InChI is InChI=1S/C7H5N5O3.Ag/c8-7(13)4-1-3(12(14)15)2-5-6(4)10-11-9-5;/h1-2H,(H3,8,9,10,11,13);/q;+1/p-1. The maximum atomic E-state index is 11.1. The van der Waals surface area contributed by atoms with Crippen molar-refractivity contribution >= 4 is 22.6 Å². The molecule has 2 N–H and O–H groups in total. The minimum atomic E-state index is -0.790. The number of nitro benzene ring substituents is 1. The van der Waals surface area contributed by atoms with E-state index in [1.807, 2.05) is 0 Å². The van der Waals surface area contributed by atoms with Crippen LogP contribution in [0, 0.1) is 10.1 Å². The van der Waals surface area contributed by atoms with Gasteiger partial charge in [0.05, 0.1) is 0 Å². The number of nitrogens with zero attached hydrogens (tertiary/aromatic N) is 4. The van der Waals surface area contributed by atoms with Gasteiger partial charge in [-0.15, -0.1) is 0 Å². The maximum absolute atomic E-state index is 11.1. The molecule has 0 aliphatic heterocycles. The van der Waals surface area contributed by atoms with Crippen LogP contribution in [0.25, 0.3) is 11.0 Å². The Hall–Kier alpha value is -1.77. The second-order valence-corrected chi connectivity index (χ2v) is 3.53. The second kappa shape index (κ2) is 3.67. The third-order valence-electron chi connectivity index (χ3n) is 1.95. The predicted molar refractivity (Wildman–Crippen MR) is 48.1 cm³/mol. The van der Waals surface area contributed by atoms with Gasteiger partial charge in [0.25, 0.3) is 0 Å². The van der Waals surface area contributed by atoms with Crippen molar-refractivity contribution in [1.82, 2.24) is 13.4 Å². The number of hydrogen-bond acceptors (Lipinski definition) is 5. The summed E-state index contributed by atoms with van der Waals surface area (Å²) >= 11 is 3.02. The van der Waals surface area contributed by atoms with Gasteiger partial charge in [0.15, 0.2) is 0 Å². The molecule has 0 saturated carbocycles. The third-order valence-corrected chi connectivity index (χ3v) is 2.44. The van der Waals surface area contributed by atoms with Crippen LogP contribution in [0.1, 0.15) is 10.4 Å². The van der Waals surface area contributed by atoms with Crippen LogP contribution in [0.5, 0.6) is 0 Å². The molecular formula is C7H4AgN5O3. The van der Waals surface area contributed by atoms with Crippen LogP contribution in [0.4, 0.5) is 5.69 Å². The van der Waals surface area contributed by atoms with Crippen molar-refractivity contribution < 1.29 is 31.0 Å². The van der Waals surface area contributed by atoms with Crippen molar-refractivity contribution in [3.8, 4) is 0 Å². The molecule has 0 atom stereocenters. The molecule has 0 saturated heterocycles. The number of nitro groups is 1. The molecule has 8 nitrogen and oxygen atoms in total. The zero-order chi connectivity index (χ0) is 11.9. The van der Waals surface area contributed by atoms with Gasteiger partial charge in [-0.3, -0.25) is 0 Å². The van der Waals surface area contributed by atoms with E-state index in [0.29, 0.717) is 5.52 Å². The fraction of sp³-hybridized carbons (Fsp3) is 0. The molecule has 16 heavy (non-hydrogen) atoms. The number of aromatic nitrogens is 3. The van der Waals surface area contributed by atoms with Gasteiger partial charge in [-0.1, -0.05) is 0 Å². The van der Waals surface area contributed by atoms with E-state index in [-0.39, 0.29) is 16.8 Å². The van der Waals surface area contributed by atoms with Gasteiger partial charge in [-0.25, -0.2) is 0 Å². The van der Waals surface area contributed by atoms with Gasteiger partial charge in [0.1, 0.15) is 0 Å². The van der Waals surface area contributed by atoms with Gasteiger partial charge < -0.3 is 0 Å². The fourth-order valence-corrected chi connectivity index (χ4v) is 1.58. The molecule has 86 valence electrons. The molecular weight excluding hydrogens is 310 g/mol. The number of fused-ring (bicyclic) bond motifs is 1. The molecule has 0 spiro atoms. The summed E-state index contributed by atoms with van der Waals surface area (Å²) in [5.41, 5.74) is 5.35. The van der Waals surface area contributed by atoms with Crippen LogP contribution in [0.3, 0.4) is 0 Å². The second-order valence-electron chi connectivity index (χ2n) is 2.90. The Morgan fingerprint density at radius 2 is 2.25 bits per heavy atom. The zero-order valence-corrected chi connectivity index (χ0v) is 9.03. The zero-order valence-electron chi connectivity index (χ0n) is 7.55. The third kappa shape index (κ3) is 1.58. The van der Waals surface area contributed by atoms with E-state index in [0.717, 1.165) is 9.15 Å². The molecule has 1 aromatic carbocycles. The van der Waals surface area contributed by atoms with Crippen molar-refractivity contribution in [3.05, 3.63) is 27.8 Å². The van der Waals surface area contributed by atoms with E-state index < -0.39 is 10.8 Å². The van der Waals surface area contributed by atoms with Gasteiger partial charge >= 0.3 is 101 Å². The average Bonchev–Trinajstić information content (AvgIpc) is 2.59. The molecule has 0 fully saturated rings. The fourth-order valence-electron chi connectivity index (χ4n) is 1.26. The predicted octanol–water partition coefficient (Wildman–Crippen LogP) is -0.252. The van der Waals surface area contributed by atoms with E-state index in [2.05, 4.69) is 31.6 Å². The Bertz CT molecular complexity index is 607. The molecule has 9 heteroatoms. The summed E-state index contributed by atoms with van der Waals surface area (Å²) in [6.07, 6.45) is 0. The number of carbonyl (C=O) groups is 1. The van der Waals surface area contributed by atoms with Crippen LogP contribution < -0.4 is 5.73 Å². The monoisotopic (exact) mass is 313 g/mol. The SMILES string of the molecule is NC(=O)c1cc([N+](=O)[O-])cc2c1nn[n]2[Ag]. The molecule has 0 aliphatic carbocycles. The molecule has 0 unspecified atom stereocenters. The van der Waals surface area contributed by atoms with Crippen LogP contribution in [-0.4, -0.2) is 24.2 Å². The van der Waals surface area contributed by atoms with E-state index in [4.69, 9.17) is 5.73 Å². The summed E-state index contributed by atoms with van der Waals surface area (Å²) < 4.78 is 1.15. The Morgan fingerprint density at radius 1 is 1.56 bits per heavy atom. The van der Waals surface area contributed by atoms with Crippen LogP contribution in [-0.2, 0) is 21.3 Å². The summed E-state index contributed by atoms with van der Waals surface area (Å²) in [4.78, 5) is 21.1. The Balaban J connectivity index is 2.86. The number of amides is 1. The number of nitrogens with two attached hydrogens (primary N) is 1. The molecule has 0 radical (unpaired) electrons. The van der Waals surface area contributed by atoms with Gasteiger partial charge in [-0.05, 0) is 0 Å². The van der Waals surface area contributed by atoms with E-state index >= 15 is 0 Å². The molecule has 1 amide bonds. The number of rotatable bonds is 2. The van der Waals surface area contributed by atoms with Crippen LogP contribution in [0.2, 0.25) is 0 Å². The Morgan fingerprint density at radius 3 is 2.81 bits per heavy atom.